The summed E-state index contributed by atoms with van der Waals surface area (Å²) in [6, 6.07) is 3.41. The van der Waals surface area contributed by atoms with Gasteiger partial charge in [-0.25, -0.2) is 8.42 Å². The first-order valence-electron chi connectivity index (χ1n) is 8.25. The lowest BCUT2D eigenvalue weighted by atomic mass is 9.97. The molecular formula is C16H26N2O4S2. The van der Waals surface area contributed by atoms with Gasteiger partial charge in [-0.1, -0.05) is 0 Å². The summed E-state index contributed by atoms with van der Waals surface area (Å²) in [5.74, 6) is -0.412. The van der Waals surface area contributed by atoms with Crippen LogP contribution in [0.2, 0.25) is 0 Å². The summed E-state index contributed by atoms with van der Waals surface area (Å²) in [6.45, 7) is 6.54. The van der Waals surface area contributed by atoms with E-state index in [1.807, 2.05) is 20.8 Å². The van der Waals surface area contributed by atoms with E-state index in [-0.39, 0.29) is 37.6 Å². The Hall–Kier alpha value is -0.960. The Morgan fingerprint density at radius 3 is 2.71 bits per heavy atom. The lowest BCUT2D eigenvalue weighted by Gasteiger charge is -2.35. The van der Waals surface area contributed by atoms with Crippen LogP contribution in [0.3, 0.4) is 0 Å². The predicted octanol–water partition coefficient (Wildman–Crippen LogP) is 1.69. The summed E-state index contributed by atoms with van der Waals surface area (Å²) in [4.78, 5) is 15.3. The minimum Gasteiger partial charge on any atom is -0.395 e. The molecule has 136 valence electrons. The summed E-state index contributed by atoms with van der Waals surface area (Å²) >= 11 is 1.26. The molecule has 1 aromatic heterocycles. The highest BCUT2D eigenvalue weighted by molar-refractivity contribution is 7.91. The fourth-order valence-electron chi connectivity index (χ4n) is 3.01. The maximum Gasteiger partial charge on any atom is 0.252 e. The van der Waals surface area contributed by atoms with Crippen molar-refractivity contribution in [3.8, 4) is 0 Å². The zero-order chi connectivity index (χ0) is 17.9. The summed E-state index contributed by atoms with van der Waals surface area (Å²) in [7, 11) is -3.53. The molecule has 6 nitrogen and oxygen atoms in total. The van der Waals surface area contributed by atoms with Gasteiger partial charge < -0.3 is 10.0 Å². The number of amides is 1. The Kier molecular flexibility index (Phi) is 6.41. The van der Waals surface area contributed by atoms with Crippen LogP contribution in [0.25, 0.3) is 0 Å². The van der Waals surface area contributed by atoms with Crippen molar-refractivity contribution in [2.45, 2.75) is 43.9 Å². The topological polar surface area (TPSA) is 77.9 Å². The van der Waals surface area contributed by atoms with Gasteiger partial charge in [-0.3, -0.25) is 4.79 Å². The average Bonchev–Trinajstić information content (AvgIpc) is 2.99. The molecule has 1 fully saturated rings. The molecule has 0 spiro atoms. The quantitative estimate of drug-likeness (QED) is 0.822. The van der Waals surface area contributed by atoms with Crippen LogP contribution in [-0.2, 0) is 14.8 Å². The second kappa shape index (κ2) is 7.95. The van der Waals surface area contributed by atoms with Gasteiger partial charge in [0.15, 0.2) is 0 Å². The highest BCUT2D eigenvalue weighted by atomic mass is 32.2. The van der Waals surface area contributed by atoms with Crippen molar-refractivity contribution in [1.29, 1.82) is 0 Å². The number of carbonyl (C=O) groups excluding carboxylic acids is 1. The standard InChI is InChI=1S/C16H26N2O4S2/c1-12(2)18(9-10-19)16(20)14-5-4-8-17(11-14)24(21,22)15-7-6-13(3)23-15/h6-7,12,14,19H,4-5,8-11H2,1-3H3. The van der Waals surface area contributed by atoms with Gasteiger partial charge in [0.1, 0.15) is 4.21 Å². The van der Waals surface area contributed by atoms with Gasteiger partial charge in [0.2, 0.25) is 5.91 Å². The lowest BCUT2D eigenvalue weighted by Crippen LogP contribution is -2.49. The lowest BCUT2D eigenvalue weighted by molar-refractivity contribution is -0.139. The first kappa shape index (κ1) is 19.4. The van der Waals surface area contributed by atoms with Crippen LogP contribution in [0.5, 0.6) is 0 Å². The summed E-state index contributed by atoms with van der Waals surface area (Å²) in [5.41, 5.74) is 0. The molecule has 2 heterocycles. The van der Waals surface area contributed by atoms with Gasteiger partial charge in [0.05, 0.1) is 12.5 Å². The van der Waals surface area contributed by atoms with E-state index in [1.54, 1.807) is 17.0 Å². The van der Waals surface area contributed by atoms with Gasteiger partial charge in [0, 0.05) is 30.6 Å². The SMILES string of the molecule is Cc1ccc(S(=O)(=O)N2CCCC(C(=O)N(CCO)C(C)C)C2)s1. The maximum absolute atomic E-state index is 12.8. The minimum absolute atomic E-state index is 0.0171. The van der Waals surface area contributed by atoms with Crippen LogP contribution in [0.1, 0.15) is 31.6 Å². The molecule has 24 heavy (non-hydrogen) atoms. The molecule has 1 aliphatic rings. The van der Waals surface area contributed by atoms with E-state index in [0.717, 1.165) is 4.88 Å². The van der Waals surface area contributed by atoms with Crippen molar-refractivity contribution >= 4 is 27.3 Å². The number of rotatable bonds is 6. The monoisotopic (exact) mass is 374 g/mol. The smallest absolute Gasteiger partial charge is 0.252 e. The molecule has 0 saturated carbocycles. The van der Waals surface area contributed by atoms with Gasteiger partial charge in [-0.2, -0.15) is 4.31 Å². The van der Waals surface area contributed by atoms with Crippen LogP contribution in [0, 0.1) is 12.8 Å². The molecule has 0 aromatic carbocycles. The highest BCUT2D eigenvalue weighted by Gasteiger charge is 2.36. The number of nitrogens with zero attached hydrogens (tertiary/aromatic N) is 2. The Labute approximate surface area is 148 Å². The number of piperidine rings is 1. The fourth-order valence-corrected chi connectivity index (χ4v) is 5.97. The normalized spacial score (nSPS) is 19.6. The molecule has 1 amide bonds. The maximum atomic E-state index is 12.8. The van der Waals surface area contributed by atoms with Crippen LogP contribution in [-0.4, -0.2) is 60.9 Å². The van der Waals surface area contributed by atoms with Crippen molar-refractivity contribution in [3.05, 3.63) is 17.0 Å². The van der Waals surface area contributed by atoms with Gasteiger partial charge in [-0.15, -0.1) is 11.3 Å². The molecule has 8 heteroatoms. The van der Waals surface area contributed by atoms with E-state index >= 15 is 0 Å². The number of carbonyl (C=O) groups is 1. The van der Waals surface area contributed by atoms with Crippen molar-refractivity contribution < 1.29 is 18.3 Å². The third-order valence-corrected chi connectivity index (χ3v) is 7.62. The average molecular weight is 375 g/mol. The Bertz CT molecular complexity index is 669. The molecule has 0 bridgehead atoms. The molecular weight excluding hydrogens is 348 g/mol. The number of aliphatic hydroxyl groups excluding tert-OH is 1. The Balaban J connectivity index is 2.15. The number of aliphatic hydroxyl groups is 1. The van der Waals surface area contributed by atoms with E-state index < -0.39 is 10.0 Å². The van der Waals surface area contributed by atoms with Crippen molar-refractivity contribution in [2.24, 2.45) is 5.92 Å². The first-order valence-corrected chi connectivity index (χ1v) is 10.5. The minimum atomic E-state index is -3.53. The molecule has 1 aliphatic heterocycles. The van der Waals surface area contributed by atoms with Crippen LogP contribution >= 0.6 is 11.3 Å². The van der Waals surface area contributed by atoms with E-state index in [4.69, 9.17) is 5.11 Å². The zero-order valence-corrected chi connectivity index (χ0v) is 16.1. The zero-order valence-electron chi connectivity index (χ0n) is 14.4. The van der Waals surface area contributed by atoms with Gasteiger partial charge >= 0.3 is 0 Å². The summed E-state index contributed by atoms with van der Waals surface area (Å²) in [5, 5.41) is 9.17. The van der Waals surface area contributed by atoms with E-state index in [2.05, 4.69) is 0 Å². The largest absolute Gasteiger partial charge is 0.395 e. The molecule has 1 unspecified atom stereocenters. The Morgan fingerprint density at radius 1 is 1.46 bits per heavy atom. The highest BCUT2D eigenvalue weighted by Crippen LogP contribution is 2.29. The number of hydrogen-bond acceptors (Lipinski definition) is 5. The van der Waals surface area contributed by atoms with E-state index in [0.29, 0.717) is 23.6 Å². The fraction of sp³-hybridized carbons (Fsp3) is 0.688. The molecule has 0 radical (unpaired) electrons. The van der Waals surface area contributed by atoms with Crippen LogP contribution in [0.15, 0.2) is 16.3 Å². The molecule has 1 N–H and O–H groups in total. The number of hydrogen-bond donors (Lipinski definition) is 1. The van der Waals surface area contributed by atoms with Crippen molar-refractivity contribution in [1.82, 2.24) is 9.21 Å². The Morgan fingerprint density at radius 2 is 2.17 bits per heavy atom. The third kappa shape index (κ3) is 4.17. The van der Waals surface area contributed by atoms with Crippen LogP contribution < -0.4 is 0 Å². The predicted molar refractivity (Wildman–Crippen MR) is 94.5 cm³/mol. The molecule has 1 atom stereocenters. The van der Waals surface area contributed by atoms with Gasteiger partial charge in [0.25, 0.3) is 10.0 Å². The number of aryl methyl sites for hydroxylation is 1. The van der Waals surface area contributed by atoms with Crippen LogP contribution in [0.4, 0.5) is 0 Å². The van der Waals surface area contributed by atoms with Gasteiger partial charge in [-0.05, 0) is 45.7 Å². The molecule has 1 aromatic rings. The molecule has 2 rings (SSSR count). The number of thiophene rings is 1. The number of sulfonamides is 1. The van der Waals surface area contributed by atoms with E-state index in [1.165, 1.54) is 15.6 Å². The van der Waals surface area contributed by atoms with Crippen molar-refractivity contribution in [3.63, 3.8) is 0 Å². The molecule has 1 saturated heterocycles. The second-order valence-corrected chi connectivity index (χ2v) is 9.87. The van der Waals surface area contributed by atoms with Crippen molar-refractivity contribution in [2.75, 3.05) is 26.2 Å². The van der Waals surface area contributed by atoms with E-state index in [9.17, 15) is 13.2 Å². The first-order chi connectivity index (χ1) is 11.3. The second-order valence-electron chi connectivity index (χ2n) is 6.42. The third-order valence-electron chi connectivity index (χ3n) is 4.29. The molecule has 0 aliphatic carbocycles. The summed E-state index contributed by atoms with van der Waals surface area (Å²) in [6.07, 6.45) is 1.36. The summed E-state index contributed by atoms with van der Waals surface area (Å²) < 4.78 is 27.3.